The molecule has 0 aromatic heterocycles. The summed E-state index contributed by atoms with van der Waals surface area (Å²) in [6, 6.07) is 0. The van der Waals surface area contributed by atoms with E-state index in [1.54, 1.807) is 6.92 Å². The van der Waals surface area contributed by atoms with Gasteiger partial charge in [-0.3, -0.25) is 9.79 Å². The molecule has 0 aliphatic heterocycles. The zero-order valence-electron chi connectivity index (χ0n) is 8.92. The van der Waals surface area contributed by atoms with Gasteiger partial charge in [0, 0.05) is 12.5 Å². The summed E-state index contributed by atoms with van der Waals surface area (Å²) in [4.78, 5) is 15.2. The monoisotopic (exact) mass is 197 g/mol. The first-order valence-electron chi connectivity index (χ1n) is 4.70. The molecule has 0 rings (SSSR count). The average molecular weight is 197 g/mol. The van der Waals surface area contributed by atoms with Crippen molar-refractivity contribution in [3.05, 3.63) is 12.2 Å². The SMILES string of the molecule is C=C(C)C(=O)[C@@H](C)CCCN=C(N)N. The molecule has 1 atom stereocenters. The van der Waals surface area contributed by atoms with Crippen LogP contribution in [0, 0.1) is 5.92 Å². The first-order valence-corrected chi connectivity index (χ1v) is 4.70. The Kier molecular flexibility index (Phi) is 5.60. The van der Waals surface area contributed by atoms with Gasteiger partial charge < -0.3 is 11.5 Å². The van der Waals surface area contributed by atoms with E-state index in [1.807, 2.05) is 6.92 Å². The molecule has 80 valence electrons. The van der Waals surface area contributed by atoms with E-state index in [9.17, 15) is 4.79 Å². The van der Waals surface area contributed by atoms with Crippen LogP contribution in [-0.4, -0.2) is 18.3 Å². The predicted molar refractivity (Wildman–Crippen MR) is 58.9 cm³/mol. The molecule has 0 aromatic carbocycles. The highest BCUT2D eigenvalue weighted by atomic mass is 16.1. The molecule has 0 amide bonds. The summed E-state index contributed by atoms with van der Waals surface area (Å²) in [5, 5.41) is 0. The molecule has 0 fully saturated rings. The Morgan fingerprint density at radius 3 is 2.50 bits per heavy atom. The van der Waals surface area contributed by atoms with Crippen molar-refractivity contribution in [1.29, 1.82) is 0 Å². The number of nitrogens with zero attached hydrogens (tertiary/aromatic N) is 1. The summed E-state index contributed by atoms with van der Waals surface area (Å²) >= 11 is 0. The lowest BCUT2D eigenvalue weighted by Crippen LogP contribution is -2.23. The highest BCUT2D eigenvalue weighted by Crippen LogP contribution is 2.10. The van der Waals surface area contributed by atoms with E-state index in [-0.39, 0.29) is 17.7 Å². The summed E-state index contributed by atoms with van der Waals surface area (Å²) in [7, 11) is 0. The molecule has 0 aromatic rings. The Hall–Kier alpha value is -1.32. The van der Waals surface area contributed by atoms with Crippen molar-refractivity contribution in [2.75, 3.05) is 6.54 Å². The van der Waals surface area contributed by atoms with Crippen LogP contribution in [0.2, 0.25) is 0 Å². The van der Waals surface area contributed by atoms with E-state index in [0.29, 0.717) is 12.1 Å². The van der Waals surface area contributed by atoms with Crippen molar-refractivity contribution in [3.63, 3.8) is 0 Å². The maximum absolute atomic E-state index is 11.4. The van der Waals surface area contributed by atoms with Crippen molar-refractivity contribution in [1.82, 2.24) is 0 Å². The van der Waals surface area contributed by atoms with Crippen molar-refractivity contribution < 1.29 is 4.79 Å². The molecule has 0 saturated heterocycles. The molecule has 0 bridgehead atoms. The predicted octanol–water partition coefficient (Wildman–Crippen LogP) is 0.821. The third-order valence-corrected chi connectivity index (χ3v) is 1.96. The normalized spacial score (nSPS) is 11.9. The lowest BCUT2D eigenvalue weighted by atomic mass is 9.96. The first kappa shape index (κ1) is 12.7. The third-order valence-electron chi connectivity index (χ3n) is 1.96. The third kappa shape index (κ3) is 5.35. The van der Waals surface area contributed by atoms with Crippen LogP contribution in [-0.2, 0) is 4.79 Å². The van der Waals surface area contributed by atoms with Crippen molar-refractivity contribution in [2.24, 2.45) is 22.4 Å². The Labute approximate surface area is 85.1 Å². The summed E-state index contributed by atoms with van der Waals surface area (Å²) < 4.78 is 0. The molecule has 0 heterocycles. The van der Waals surface area contributed by atoms with Crippen molar-refractivity contribution in [2.45, 2.75) is 26.7 Å². The lowest BCUT2D eigenvalue weighted by Gasteiger charge is -2.08. The second kappa shape index (κ2) is 6.18. The minimum Gasteiger partial charge on any atom is -0.370 e. The van der Waals surface area contributed by atoms with Crippen LogP contribution in [0.1, 0.15) is 26.7 Å². The Morgan fingerprint density at radius 1 is 1.50 bits per heavy atom. The molecule has 0 spiro atoms. The number of carbonyl (C=O) groups excluding carboxylic acids is 1. The van der Waals surface area contributed by atoms with Crippen LogP contribution < -0.4 is 11.5 Å². The van der Waals surface area contributed by atoms with Gasteiger partial charge >= 0.3 is 0 Å². The van der Waals surface area contributed by atoms with Crippen LogP contribution in [0.15, 0.2) is 17.1 Å². The van der Waals surface area contributed by atoms with Crippen LogP contribution in [0.3, 0.4) is 0 Å². The van der Waals surface area contributed by atoms with Gasteiger partial charge in [0.1, 0.15) is 0 Å². The van der Waals surface area contributed by atoms with E-state index < -0.39 is 0 Å². The standard InChI is InChI=1S/C10H19N3O/c1-7(2)9(14)8(3)5-4-6-13-10(11)12/h8H,1,4-6H2,2-3H3,(H4,11,12,13)/t8-/m0/s1. The van der Waals surface area contributed by atoms with E-state index >= 15 is 0 Å². The number of aliphatic imine (C=N–C) groups is 1. The molecule has 4 N–H and O–H groups in total. The van der Waals surface area contributed by atoms with Crippen LogP contribution in [0.5, 0.6) is 0 Å². The van der Waals surface area contributed by atoms with Crippen LogP contribution >= 0.6 is 0 Å². The van der Waals surface area contributed by atoms with Gasteiger partial charge in [-0.15, -0.1) is 0 Å². The van der Waals surface area contributed by atoms with Gasteiger partial charge in [0.2, 0.25) is 0 Å². The maximum atomic E-state index is 11.4. The number of hydrogen-bond acceptors (Lipinski definition) is 2. The second-order valence-electron chi connectivity index (χ2n) is 3.49. The first-order chi connectivity index (χ1) is 6.45. The minimum atomic E-state index is 0.0155. The van der Waals surface area contributed by atoms with Crippen molar-refractivity contribution in [3.8, 4) is 0 Å². The van der Waals surface area contributed by atoms with Crippen LogP contribution in [0.4, 0.5) is 0 Å². The number of allylic oxidation sites excluding steroid dienone is 1. The molecule has 14 heavy (non-hydrogen) atoms. The van der Waals surface area contributed by atoms with Crippen molar-refractivity contribution >= 4 is 11.7 Å². The largest absolute Gasteiger partial charge is 0.370 e. The quantitative estimate of drug-likeness (QED) is 0.286. The number of carbonyl (C=O) groups is 1. The van der Waals surface area contributed by atoms with E-state index in [0.717, 1.165) is 12.8 Å². The summed E-state index contributed by atoms with van der Waals surface area (Å²) in [5.41, 5.74) is 10.9. The fourth-order valence-corrected chi connectivity index (χ4v) is 1.16. The maximum Gasteiger partial charge on any atom is 0.185 e. The summed E-state index contributed by atoms with van der Waals surface area (Å²) in [6.07, 6.45) is 1.61. The fraction of sp³-hybridized carbons (Fsp3) is 0.600. The van der Waals surface area contributed by atoms with E-state index in [4.69, 9.17) is 11.5 Å². The summed E-state index contributed by atoms with van der Waals surface area (Å²) in [6.45, 7) is 7.82. The molecule has 0 aliphatic carbocycles. The molecule has 4 nitrogen and oxygen atoms in total. The molecular formula is C10H19N3O. The Bertz CT molecular complexity index is 242. The van der Waals surface area contributed by atoms with Crippen LogP contribution in [0.25, 0.3) is 0 Å². The zero-order valence-corrected chi connectivity index (χ0v) is 8.92. The minimum absolute atomic E-state index is 0.0155. The van der Waals surface area contributed by atoms with Gasteiger partial charge in [0.05, 0.1) is 0 Å². The number of ketones is 1. The van der Waals surface area contributed by atoms with E-state index in [1.165, 1.54) is 0 Å². The van der Waals surface area contributed by atoms with Gasteiger partial charge in [-0.05, 0) is 25.3 Å². The number of Topliss-reactive ketones (excluding diaryl/α,β-unsaturated/α-hetero) is 1. The highest BCUT2D eigenvalue weighted by molar-refractivity contribution is 5.95. The van der Waals surface area contributed by atoms with Gasteiger partial charge in [-0.25, -0.2) is 0 Å². The number of hydrogen-bond donors (Lipinski definition) is 2. The molecule has 0 aliphatic rings. The number of guanidine groups is 1. The lowest BCUT2D eigenvalue weighted by molar-refractivity contribution is -0.118. The zero-order chi connectivity index (χ0) is 11.1. The smallest absolute Gasteiger partial charge is 0.185 e. The molecule has 0 saturated carbocycles. The Morgan fingerprint density at radius 2 is 2.07 bits per heavy atom. The molecular weight excluding hydrogens is 178 g/mol. The molecule has 0 radical (unpaired) electrons. The van der Waals surface area contributed by atoms with Gasteiger partial charge in [0.25, 0.3) is 0 Å². The highest BCUT2D eigenvalue weighted by Gasteiger charge is 2.12. The molecule has 0 unspecified atom stereocenters. The Balaban J connectivity index is 3.75. The number of nitrogens with two attached hydrogens (primary N) is 2. The van der Waals surface area contributed by atoms with E-state index in [2.05, 4.69) is 11.6 Å². The summed E-state index contributed by atoms with van der Waals surface area (Å²) in [5.74, 6) is 0.236. The molecule has 4 heteroatoms. The topological polar surface area (TPSA) is 81.5 Å². The van der Waals surface area contributed by atoms with Gasteiger partial charge in [-0.2, -0.15) is 0 Å². The fourth-order valence-electron chi connectivity index (χ4n) is 1.16. The average Bonchev–Trinajstić information content (AvgIpc) is 2.10. The van der Waals surface area contributed by atoms with Gasteiger partial charge in [-0.1, -0.05) is 13.5 Å². The number of rotatable bonds is 6. The van der Waals surface area contributed by atoms with Gasteiger partial charge in [0.15, 0.2) is 11.7 Å². The second-order valence-corrected chi connectivity index (χ2v) is 3.49.